The molecule has 1 saturated heterocycles. The van der Waals surface area contributed by atoms with E-state index >= 15 is 0 Å². The van der Waals surface area contributed by atoms with E-state index in [0.29, 0.717) is 12.1 Å². The number of aromatic nitrogens is 1. The molecule has 0 bridgehead atoms. The maximum absolute atomic E-state index is 11.7. The number of β-amino-alcohol motifs (C(OH)–C–C–N with tert-alkyl or cyclic N) is 1. The van der Waals surface area contributed by atoms with E-state index in [9.17, 15) is 9.90 Å². The molecule has 1 aliphatic heterocycles. The normalized spacial score (nSPS) is 17.6. The number of aliphatic hydroxyl groups excluding tert-OH is 1. The van der Waals surface area contributed by atoms with Crippen LogP contribution in [0.4, 0.5) is 5.82 Å². The van der Waals surface area contributed by atoms with Crippen LogP contribution >= 0.6 is 0 Å². The first kappa shape index (κ1) is 15.7. The molecule has 0 aromatic carbocycles. The Morgan fingerprint density at radius 2 is 2.10 bits per heavy atom. The fourth-order valence-electron chi connectivity index (χ4n) is 2.50. The number of rotatable bonds is 5. The zero-order chi connectivity index (χ0) is 15.2. The standard InChI is InChI=1S/C15H24N4O2/c1-3-16-15(21)13-4-5-14(17-10-13)19-8-6-18(7-9-19)11-12(2)20/h4-5,10,12,20H,3,6-9,11H2,1-2H3,(H,16,21)/t12-/m1/s1. The lowest BCUT2D eigenvalue weighted by Gasteiger charge is -2.35. The van der Waals surface area contributed by atoms with E-state index in [1.807, 2.05) is 26.0 Å². The van der Waals surface area contributed by atoms with Gasteiger partial charge in [0.05, 0.1) is 11.7 Å². The van der Waals surface area contributed by atoms with Crippen molar-refractivity contribution in [1.29, 1.82) is 0 Å². The lowest BCUT2D eigenvalue weighted by molar-refractivity contribution is 0.0955. The average molecular weight is 292 g/mol. The van der Waals surface area contributed by atoms with Gasteiger partial charge < -0.3 is 15.3 Å². The zero-order valence-corrected chi connectivity index (χ0v) is 12.7. The number of piperazine rings is 1. The molecule has 0 spiro atoms. The van der Waals surface area contributed by atoms with Gasteiger partial charge in [0, 0.05) is 45.5 Å². The van der Waals surface area contributed by atoms with Crippen LogP contribution in [0.1, 0.15) is 24.2 Å². The third-order valence-electron chi connectivity index (χ3n) is 3.57. The van der Waals surface area contributed by atoms with Crippen LogP contribution in [0.2, 0.25) is 0 Å². The largest absolute Gasteiger partial charge is 0.392 e. The van der Waals surface area contributed by atoms with Crippen LogP contribution < -0.4 is 10.2 Å². The lowest BCUT2D eigenvalue weighted by atomic mass is 10.2. The molecule has 2 rings (SSSR count). The van der Waals surface area contributed by atoms with Crippen LogP contribution in [0.5, 0.6) is 0 Å². The molecule has 2 N–H and O–H groups in total. The molecule has 1 aliphatic rings. The van der Waals surface area contributed by atoms with Gasteiger partial charge in [-0.1, -0.05) is 0 Å². The Morgan fingerprint density at radius 3 is 2.62 bits per heavy atom. The highest BCUT2D eigenvalue weighted by molar-refractivity contribution is 5.93. The molecule has 116 valence electrons. The SMILES string of the molecule is CCNC(=O)c1ccc(N2CCN(C[C@@H](C)O)CC2)nc1. The van der Waals surface area contributed by atoms with Gasteiger partial charge in [-0.05, 0) is 26.0 Å². The number of anilines is 1. The minimum atomic E-state index is -0.286. The summed E-state index contributed by atoms with van der Waals surface area (Å²) in [5.74, 6) is 0.818. The summed E-state index contributed by atoms with van der Waals surface area (Å²) in [5.41, 5.74) is 0.591. The molecule has 6 heteroatoms. The fourth-order valence-corrected chi connectivity index (χ4v) is 2.50. The van der Waals surface area contributed by atoms with Crippen molar-refractivity contribution in [2.24, 2.45) is 0 Å². The highest BCUT2D eigenvalue weighted by Crippen LogP contribution is 2.14. The van der Waals surface area contributed by atoms with Crippen molar-refractivity contribution in [3.05, 3.63) is 23.9 Å². The molecule has 1 fully saturated rings. The lowest BCUT2D eigenvalue weighted by Crippen LogP contribution is -2.48. The van der Waals surface area contributed by atoms with Crippen LogP contribution in [0.25, 0.3) is 0 Å². The van der Waals surface area contributed by atoms with Gasteiger partial charge in [0.25, 0.3) is 5.91 Å². The molecular formula is C15H24N4O2. The Morgan fingerprint density at radius 1 is 1.38 bits per heavy atom. The zero-order valence-electron chi connectivity index (χ0n) is 12.7. The minimum Gasteiger partial charge on any atom is -0.392 e. The summed E-state index contributed by atoms with van der Waals surface area (Å²) in [6, 6.07) is 3.71. The summed E-state index contributed by atoms with van der Waals surface area (Å²) >= 11 is 0. The first-order valence-corrected chi connectivity index (χ1v) is 7.49. The molecule has 0 saturated carbocycles. The molecular weight excluding hydrogens is 268 g/mol. The highest BCUT2D eigenvalue weighted by Gasteiger charge is 2.19. The number of carbonyl (C=O) groups excluding carboxylic acids is 1. The molecule has 0 unspecified atom stereocenters. The summed E-state index contributed by atoms with van der Waals surface area (Å²) < 4.78 is 0. The molecule has 2 heterocycles. The number of hydrogen-bond donors (Lipinski definition) is 2. The van der Waals surface area contributed by atoms with E-state index < -0.39 is 0 Å². The van der Waals surface area contributed by atoms with E-state index in [2.05, 4.69) is 20.1 Å². The Bertz CT molecular complexity index is 453. The molecule has 1 atom stereocenters. The third-order valence-corrected chi connectivity index (χ3v) is 3.57. The summed E-state index contributed by atoms with van der Waals surface area (Å²) in [6.07, 6.45) is 1.34. The number of amides is 1. The van der Waals surface area contributed by atoms with Crippen molar-refractivity contribution in [1.82, 2.24) is 15.2 Å². The van der Waals surface area contributed by atoms with Crippen molar-refractivity contribution in [2.75, 3.05) is 44.2 Å². The predicted octanol–water partition coefficient (Wildman–Crippen LogP) is 0.334. The second kappa shape index (κ2) is 7.38. The maximum Gasteiger partial charge on any atom is 0.252 e. The Kier molecular flexibility index (Phi) is 5.52. The van der Waals surface area contributed by atoms with E-state index in [1.54, 1.807) is 6.20 Å². The monoisotopic (exact) mass is 292 g/mol. The predicted molar refractivity (Wildman–Crippen MR) is 82.6 cm³/mol. The number of carbonyl (C=O) groups is 1. The molecule has 21 heavy (non-hydrogen) atoms. The second-order valence-electron chi connectivity index (χ2n) is 5.40. The van der Waals surface area contributed by atoms with Gasteiger partial charge in [-0.2, -0.15) is 0 Å². The number of nitrogens with zero attached hydrogens (tertiary/aromatic N) is 3. The third kappa shape index (κ3) is 4.41. The Balaban J connectivity index is 1.90. The van der Waals surface area contributed by atoms with Crippen molar-refractivity contribution < 1.29 is 9.90 Å². The van der Waals surface area contributed by atoms with Gasteiger partial charge in [-0.25, -0.2) is 4.98 Å². The molecule has 0 aliphatic carbocycles. The summed E-state index contributed by atoms with van der Waals surface area (Å²) in [5, 5.41) is 12.2. The number of pyridine rings is 1. The number of hydrogen-bond acceptors (Lipinski definition) is 5. The maximum atomic E-state index is 11.7. The Hall–Kier alpha value is -1.66. The van der Waals surface area contributed by atoms with Gasteiger partial charge in [-0.15, -0.1) is 0 Å². The number of aliphatic hydroxyl groups is 1. The van der Waals surface area contributed by atoms with E-state index in [1.165, 1.54) is 0 Å². The first-order valence-electron chi connectivity index (χ1n) is 7.49. The molecule has 6 nitrogen and oxygen atoms in total. The van der Waals surface area contributed by atoms with Crippen LogP contribution in [0, 0.1) is 0 Å². The van der Waals surface area contributed by atoms with Crippen LogP contribution in [-0.4, -0.2) is 66.3 Å². The Labute approximate surface area is 125 Å². The van der Waals surface area contributed by atoms with Gasteiger partial charge in [0.1, 0.15) is 5.82 Å². The molecule has 1 aromatic rings. The van der Waals surface area contributed by atoms with Crippen LogP contribution in [0.15, 0.2) is 18.3 Å². The van der Waals surface area contributed by atoms with Gasteiger partial charge in [0.2, 0.25) is 0 Å². The smallest absolute Gasteiger partial charge is 0.252 e. The van der Waals surface area contributed by atoms with Crippen LogP contribution in [-0.2, 0) is 0 Å². The molecule has 1 amide bonds. The van der Waals surface area contributed by atoms with Crippen molar-refractivity contribution in [2.45, 2.75) is 20.0 Å². The average Bonchev–Trinajstić information content (AvgIpc) is 2.48. The van der Waals surface area contributed by atoms with Crippen molar-refractivity contribution in [3.8, 4) is 0 Å². The van der Waals surface area contributed by atoms with E-state index in [0.717, 1.165) is 38.5 Å². The van der Waals surface area contributed by atoms with Gasteiger partial charge >= 0.3 is 0 Å². The van der Waals surface area contributed by atoms with Crippen LogP contribution in [0.3, 0.4) is 0 Å². The first-order chi connectivity index (χ1) is 10.1. The van der Waals surface area contributed by atoms with E-state index in [-0.39, 0.29) is 12.0 Å². The van der Waals surface area contributed by atoms with Gasteiger partial charge in [0.15, 0.2) is 0 Å². The quantitative estimate of drug-likeness (QED) is 0.819. The minimum absolute atomic E-state index is 0.0849. The van der Waals surface area contributed by atoms with Crippen molar-refractivity contribution >= 4 is 11.7 Å². The molecule has 1 aromatic heterocycles. The topological polar surface area (TPSA) is 68.7 Å². The highest BCUT2D eigenvalue weighted by atomic mass is 16.3. The molecule has 0 radical (unpaired) electrons. The summed E-state index contributed by atoms with van der Waals surface area (Å²) in [7, 11) is 0. The summed E-state index contributed by atoms with van der Waals surface area (Å²) in [6.45, 7) is 8.67. The summed E-state index contributed by atoms with van der Waals surface area (Å²) in [4.78, 5) is 20.5. The van der Waals surface area contributed by atoms with Gasteiger partial charge in [-0.3, -0.25) is 9.69 Å². The van der Waals surface area contributed by atoms with Crippen molar-refractivity contribution in [3.63, 3.8) is 0 Å². The fraction of sp³-hybridized carbons (Fsp3) is 0.600. The van der Waals surface area contributed by atoms with E-state index in [4.69, 9.17) is 0 Å². The number of nitrogens with one attached hydrogen (secondary N) is 1. The second-order valence-corrected chi connectivity index (χ2v) is 5.40.